The fraction of sp³-hybridized carbons (Fsp3) is 0.286. The number of benzene rings is 1. The summed E-state index contributed by atoms with van der Waals surface area (Å²) in [5.74, 6) is -0.711. The molecular weight excluding hydrogens is 388 g/mol. The fourth-order valence-electron chi connectivity index (χ4n) is 3.68. The van der Waals surface area contributed by atoms with E-state index in [9.17, 15) is 19.7 Å². The zero-order valence-electron chi connectivity index (χ0n) is 16.4. The van der Waals surface area contributed by atoms with E-state index in [1.807, 2.05) is 4.90 Å². The molecule has 0 atom stereocenters. The number of carbonyl (C=O) groups is 1. The highest BCUT2D eigenvalue weighted by atomic mass is 16.6. The standard InChI is InChI=1S/C21H20N4O5/c1-14-5-4-6-19-22-16(12-20(26)24(14)19)13-30-21(27)15-7-8-17(18(11-15)25(28)29)23-9-2-3-10-23/h4-8,11-12H,2-3,9-10,13H2,1H3. The Balaban J connectivity index is 1.54. The summed E-state index contributed by atoms with van der Waals surface area (Å²) >= 11 is 0. The van der Waals surface area contributed by atoms with Crippen LogP contribution in [0.5, 0.6) is 0 Å². The summed E-state index contributed by atoms with van der Waals surface area (Å²) in [5, 5.41) is 11.5. The van der Waals surface area contributed by atoms with Crippen LogP contribution in [0.25, 0.3) is 5.65 Å². The van der Waals surface area contributed by atoms with Gasteiger partial charge in [-0.3, -0.25) is 19.3 Å². The molecule has 1 fully saturated rings. The number of ether oxygens (including phenoxy) is 1. The molecule has 3 heterocycles. The maximum atomic E-state index is 12.5. The molecule has 1 aromatic carbocycles. The minimum Gasteiger partial charge on any atom is -0.456 e. The lowest BCUT2D eigenvalue weighted by Crippen LogP contribution is -2.19. The van der Waals surface area contributed by atoms with Crippen molar-refractivity contribution in [2.75, 3.05) is 18.0 Å². The van der Waals surface area contributed by atoms with Crippen molar-refractivity contribution in [3.63, 3.8) is 0 Å². The second-order valence-corrected chi connectivity index (χ2v) is 7.18. The highest BCUT2D eigenvalue weighted by molar-refractivity contribution is 5.91. The quantitative estimate of drug-likeness (QED) is 0.363. The van der Waals surface area contributed by atoms with Crippen molar-refractivity contribution < 1.29 is 14.5 Å². The topological polar surface area (TPSA) is 107 Å². The van der Waals surface area contributed by atoms with Crippen LogP contribution in [0.3, 0.4) is 0 Å². The molecule has 0 bridgehead atoms. The molecule has 1 aliphatic heterocycles. The van der Waals surface area contributed by atoms with E-state index in [-0.39, 0.29) is 23.4 Å². The predicted octanol–water partition coefficient (Wildman–Crippen LogP) is 2.87. The van der Waals surface area contributed by atoms with Crippen LogP contribution in [-0.2, 0) is 11.3 Å². The van der Waals surface area contributed by atoms with Crippen LogP contribution in [0.2, 0.25) is 0 Å². The van der Waals surface area contributed by atoms with Crippen molar-refractivity contribution in [3.05, 3.63) is 79.9 Å². The molecule has 0 spiro atoms. The van der Waals surface area contributed by atoms with Crippen LogP contribution in [0.15, 0.2) is 47.3 Å². The molecule has 1 saturated heterocycles. The van der Waals surface area contributed by atoms with Gasteiger partial charge in [-0.2, -0.15) is 0 Å². The first kappa shape index (κ1) is 19.6. The number of esters is 1. The number of aryl methyl sites for hydroxylation is 1. The monoisotopic (exact) mass is 408 g/mol. The molecule has 0 amide bonds. The summed E-state index contributed by atoms with van der Waals surface area (Å²) < 4.78 is 6.73. The molecule has 0 radical (unpaired) electrons. The average Bonchev–Trinajstić information content (AvgIpc) is 3.26. The number of nitro benzene ring substituents is 1. The first-order chi connectivity index (χ1) is 14.4. The van der Waals surface area contributed by atoms with E-state index in [0.717, 1.165) is 31.6 Å². The van der Waals surface area contributed by atoms with Crippen LogP contribution in [0, 0.1) is 17.0 Å². The third kappa shape index (κ3) is 3.73. The Labute approximate surface area is 171 Å². The van der Waals surface area contributed by atoms with E-state index >= 15 is 0 Å². The van der Waals surface area contributed by atoms with Gasteiger partial charge < -0.3 is 9.64 Å². The van der Waals surface area contributed by atoms with Gasteiger partial charge in [0.2, 0.25) is 0 Å². The number of anilines is 1. The lowest BCUT2D eigenvalue weighted by molar-refractivity contribution is -0.384. The smallest absolute Gasteiger partial charge is 0.338 e. The van der Waals surface area contributed by atoms with Gasteiger partial charge in [0.25, 0.3) is 11.2 Å². The van der Waals surface area contributed by atoms with E-state index in [4.69, 9.17) is 4.74 Å². The molecule has 0 N–H and O–H groups in total. The number of hydrogen-bond acceptors (Lipinski definition) is 7. The molecule has 30 heavy (non-hydrogen) atoms. The van der Waals surface area contributed by atoms with Crippen LogP contribution in [0.1, 0.15) is 34.6 Å². The summed E-state index contributed by atoms with van der Waals surface area (Å²) in [4.78, 5) is 42.1. The van der Waals surface area contributed by atoms with Crippen molar-refractivity contribution >= 4 is 23.0 Å². The Morgan fingerprint density at radius 3 is 2.70 bits per heavy atom. The number of fused-ring (bicyclic) bond motifs is 1. The summed E-state index contributed by atoms with van der Waals surface area (Å²) in [7, 11) is 0. The molecular formula is C21H20N4O5. The van der Waals surface area contributed by atoms with Gasteiger partial charge in [-0.15, -0.1) is 0 Å². The van der Waals surface area contributed by atoms with Crippen molar-refractivity contribution in [3.8, 4) is 0 Å². The number of aromatic nitrogens is 2. The number of nitrogens with zero attached hydrogens (tertiary/aromatic N) is 4. The SMILES string of the molecule is Cc1cccc2nc(COC(=O)c3ccc(N4CCCC4)c([N+](=O)[O-])c3)cc(=O)n12. The first-order valence-corrected chi connectivity index (χ1v) is 9.63. The van der Waals surface area contributed by atoms with Gasteiger partial charge in [-0.1, -0.05) is 6.07 Å². The van der Waals surface area contributed by atoms with Crippen molar-refractivity contribution in [1.82, 2.24) is 9.38 Å². The lowest BCUT2D eigenvalue weighted by Gasteiger charge is -2.17. The first-order valence-electron chi connectivity index (χ1n) is 9.63. The molecule has 9 heteroatoms. The Hall–Kier alpha value is -3.75. The molecule has 0 saturated carbocycles. The normalized spacial score (nSPS) is 13.6. The van der Waals surface area contributed by atoms with Crippen LogP contribution < -0.4 is 10.5 Å². The number of carbonyl (C=O) groups excluding carboxylic acids is 1. The highest BCUT2D eigenvalue weighted by Gasteiger charge is 2.24. The van der Waals surface area contributed by atoms with E-state index in [1.54, 1.807) is 31.2 Å². The van der Waals surface area contributed by atoms with Crippen molar-refractivity contribution in [2.45, 2.75) is 26.4 Å². The minimum absolute atomic E-state index is 0.0815. The van der Waals surface area contributed by atoms with Crippen molar-refractivity contribution in [2.24, 2.45) is 0 Å². The molecule has 4 rings (SSSR count). The fourth-order valence-corrected chi connectivity index (χ4v) is 3.68. The van der Waals surface area contributed by atoms with E-state index in [0.29, 0.717) is 17.0 Å². The largest absolute Gasteiger partial charge is 0.456 e. The van der Waals surface area contributed by atoms with Crippen LogP contribution in [-0.4, -0.2) is 33.4 Å². The average molecular weight is 408 g/mol. The van der Waals surface area contributed by atoms with Gasteiger partial charge in [0.05, 0.1) is 16.2 Å². The second kappa shape index (κ2) is 7.94. The van der Waals surface area contributed by atoms with E-state index < -0.39 is 10.9 Å². The van der Waals surface area contributed by atoms with Gasteiger partial charge in [-0.05, 0) is 44.0 Å². The summed E-state index contributed by atoms with van der Waals surface area (Å²) in [6.45, 7) is 3.11. The second-order valence-electron chi connectivity index (χ2n) is 7.18. The van der Waals surface area contributed by atoms with Crippen LogP contribution >= 0.6 is 0 Å². The third-order valence-corrected chi connectivity index (χ3v) is 5.14. The zero-order valence-corrected chi connectivity index (χ0v) is 16.4. The molecule has 9 nitrogen and oxygen atoms in total. The molecule has 1 aliphatic rings. The Morgan fingerprint density at radius 2 is 1.97 bits per heavy atom. The molecule has 0 aliphatic carbocycles. The van der Waals surface area contributed by atoms with Gasteiger partial charge in [0.15, 0.2) is 0 Å². The summed E-state index contributed by atoms with van der Waals surface area (Å²) in [5.41, 5.74) is 1.71. The van der Waals surface area contributed by atoms with Gasteiger partial charge in [0.1, 0.15) is 17.9 Å². The number of hydrogen-bond donors (Lipinski definition) is 0. The predicted molar refractivity (Wildman–Crippen MR) is 110 cm³/mol. The molecule has 2 aromatic heterocycles. The van der Waals surface area contributed by atoms with E-state index in [2.05, 4.69) is 4.98 Å². The van der Waals surface area contributed by atoms with E-state index in [1.165, 1.54) is 22.6 Å². The lowest BCUT2D eigenvalue weighted by atomic mass is 10.1. The zero-order chi connectivity index (χ0) is 21.3. The maximum Gasteiger partial charge on any atom is 0.338 e. The van der Waals surface area contributed by atoms with Gasteiger partial charge in [-0.25, -0.2) is 9.78 Å². The van der Waals surface area contributed by atoms with Gasteiger partial charge >= 0.3 is 5.97 Å². The molecule has 0 unspecified atom stereocenters. The highest BCUT2D eigenvalue weighted by Crippen LogP contribution is 2.31. The Morgan fingerprint density at radius 1 is 1.20 bits per heavy atom. The number of nitro groups is 1. The Kier molecular flexibility index (Phi) is 5.18. The summed E-state index contributed by atoms with van der Waals surface area (Å²) in [6, 6.07) is 10.9. The summed E-state index contributed by atoms with van der Waals surface area (Å²) in [6.07, 6.45) is 1.97. The maximum absolute atomic E-state index is 12.5. The number of rotatable bonds is 5. The molecule has 3 aromatic rings. The number of pyridine rings is 1. The van der Waals surface area contributed by atoms with Gasteiger partial charge in [0, 0.05) is 30.9 Å². The van der Waals surface area contributed by atoms with Crippen molar-refractivity contribution in [1.29, 1.82) is 0 Å². The third-order valence-electron chi connectivity index (χ3n) is 5.14. The minimum atomic E-state index is -0.711. The molecule has 154 valence electrons. The van der Waals surface area contributed by atoms with Crippen LogP contribution in [0.4, 0.5) is 11.4 Å². The Bertz CT molecular complexity index is 1200.